The van der Waals surface area contributed by atoms with Crippen molar-refractivity contribution in [2.24, 2.45) is 17.4 Å². The Balaban J connectivity index is 2.47. The number of likely N-dealkylation sites (tertiary alicyclic amines) is 1. The summed E-state index contributed by atoms with van der Waals surface area (Å²) in [7, 11) is 2.00. The van der Waals surface area contributed by atoms with Crippen molar-refractivity contribution in [1.82, 2.24) is 4.90 Å². The van der Waals surface area contributed by atoms with Gasteiger partial charge >= 0.3 is 5.97 Å². The number of nitrogens with zero attached hydrogens (tertiary/aromatic N) is 1. The maximum atomic E-state index is 10.6. The van der Waals surface area contributed by atoms with Crippen molar-refractivity contribution in [3.63, 3.8) is 0 Å². The summed E-state index contributed by atoms with van der Waals surface area (Å²) in [6.45, 7) is 1.83. The quantitative estimate of drug-likeness (QED) is 0.509. The molecule has 0 aromatic carbocycles. The molecule has 0 amide bonds. The zero-order valence-electron chi connectivity index (χ0n) is 7.81. The number of aliphatic carboxylic acids is 1. The third-order valence-corrected chi connectivity index (χ3v) is 2.67. The molecule has 0 aromatic rings. The van der Waals surface area contributed by atoms with Crippen molar-refractivity contribution in [2.45, 2.75) is 18.5 Å². The zero-order chi connectivity index (χ0) is 10.0. The third-order valence-electron chi connectivity index (χ3n) is 2.67. The first-order valence-electron chi connectivity index (χ1n) is 4.45. The highest BCUT2D eigenvalue weighted by Crippen LogP contribution is 2.18. The Morgan fingerprint density at radius 2 is 2.23 bits per heavy atom. The highest BCUT2D eigenvalue weighted by atomic mass is 16.4. The summed E-state index contributed by atoms with van der Waals surface area (Å²) >= 11 is 0. The van der Waals surface area contributed by atoms with Crippen LogP contribution in [-0.2, 0) is 4.79 Å². The molecule has 0 aliphatic carbocycles. The lowest BCUT2D eigenvalue weighted by Crippen LogP contribution is -2.51. The summed E-state index contributed by atoms with van der Waals surface area (Å²) in [5, 5.41) is 8.66. The van der Waals surface area contributed by atoms with E-state index >= 15 is 0 Å². The molecular formula is C8H17N3O2. The number of nitrogens with two attached hydrogens (primary N) is 2. The number of carbonyl (C=O) groups is 1. The molecule has 3 unspecified atom stereocenters. The number of carboxylic acid groups (broad SMARTS) is 1. The van der Waals surface area contributed by atoms with Gasteiger partial charge in [0.15, 0.2) is 0 Å². The first kappa shape index (κ1) is 10.4. The molecule has 1 aliphatic rings. The van der Waals surface area contributed by atoms with Gasteiger partial charge in [0.1, 0.15) is 6.04 Å². The van der Waals surface area contributed by atoms with Crippen molar-refractivity contribution < 1.29 is 9.90 Å². The second-order valence-corrected chi connectivity index (χ2v) is 3.75. The van der Waals surface area contributed by atoms with Crippen LogP contribution in [-0.4, -0.2) is 48.2 Å². The van der Waals surface area contributed by atoms with Gasteiger partial charge in [0, 0.05) is 12.6 Å². The molecule has 5 nitrogen and oxygen atoms in total. The summed E-state index contributed by atoms with van der Waals surface area (Å²) in [6.07, 6.45) is 0.943. The molecule has 1 saturated heterocycles. The van der Waals surface area contributed by atoms with Crippen molar-refractivity contribution in [3.05, 3.63) is 0 Å². The van der Waals surface area contributed by atoms with Gasteiger partial charge in [-0.3, -0.25) is 4.79 Å². The minimum absolute atomic E-state index is 0.219. The summed E-state index contributed by atoms with van der Waals surface area (Å²) in [6, 6.07) is -1.36. The van der Waals surface area contributed by atoms with Gasteiger partial charge < -0.3 is 21.5 Å². The Hall–Kier alpha value is -0.650. The van der Waals surface area contributed by atoms with Crippen molar-refractivity contribution in [2.75, 3.05) is 20.1 Å². The third kappa shape index (κ3) is 2.40. The van der Waals surface area contributed by atoms with Crippen LogP contribution in [0.2, 0.25) is 0 Å². The normalized spacial score (nSPS) is 28.7. The molecular weight excluding hydrogens is 170 g/mol. The number of hydrogen-bond donors (Lipinski definition) is 3. The molecule has 5 heteroatoms. The molecule has 5 N–H and O–H groups in total. The monoisotopic (exact) mass is 187 g/mol. The van der Waals surface area contributed by atoms with Gasteiger partial charge in [-0.2, -0.15) is 0 Å². The van der Waals surface area contributed by atoms with E-state index in [9.17, 15) is 4.79 Å². The number of hydrogen-bond acceptors (Lipinski definition) is 4. The van der Waals surface area contributed by atoms with Crippen LogP contribution < -0.4 is 11.5 Å². The van der Waals surface area contributed by atoms with Crippen LogP contribution in [0.4, 0.5) is 0 Å². The predicted octanol–water partition coefficient (Wildman–Crippen LogP) is -1.32. The maximum Gasteiger partial charge on any atom is 0.322 e. The van der Waals surface area contributed by atoms with Gasteiger partial charge in [-0.25, -0.2) is 0 Å². The summed E-state index contributed by atoms with van der Waals surface area (Å²) in [4.78, 5) is 12.7. The van der Waals surface area contributed by atoms with E-state index in [-0.39, 0.29) is 5.92 Å². The Bertz CT molecular complexity index is 198. The molecule has 76 valence electrons. The summed E-state index contributed by atoms with van der Waals surface area (Å²) < 4.78 is 0. The first-order valence-corrected chi connectivity index (χ1v) is 4.45. The van der Waals surface area contributed by atoms with Crippen LogP contribution >= 0.6 is 0 Å². The van der Waals surface area contributed by atoms with Crippen LogP contribution in [0, 0.1) is 5.92 Å². The molecule has 0 radical (unpaired) electrons. The fraction of sp³-hybridized carbons (Fsp3) is 0.875. The number of rotatable bonds is 3. The topological polar surface area (TPSA) is 92.6 Å². The lowest BCUT2D eigenvalue weighted by molar-refractivity contribution is -0.139. The lowest BCUT2D eigenvalue weighted by atomic mass is 9.94. The lowest BCUT2D eigenvalue weighted by Gasteiger charge is -2.22. The average molecular weight is 187 g/mol. The molecule has 0 spiro atoms. The molecule has 13 heavy (non-hydrogen) atoms. The van der Waals surface area contributed by atoms with Crippen LogP contribution in [0.15, 0.2) is 0 Å². The maximum absolute atomic E-state index is 10.6. The Labute approximate surface area is 77.7 Å². The van der Waals surface area contributed by atoms with E-state index in [0.29, 0.717) is 0 Å². The largest absolute Gasteiger partial charge is 0.480 e. The van der Waals surface area contributed by atoms with Gasteiger partial charge in [-0.05, 0) is 25.9 Å². The second kappa shape index (κ2) is 4.04. The van der Waals surface area contributed by atoms with Gasteiger partial charge in [-0.15, -0.1) is 0 Å². The average Bonchev–Trinajstić information content (AvgIpc) is 2.49. The highest BCUT2D eigenvalue weighted by molar-refractivity contribution is 5.74. The Morgan fingerprint density at radius 1 is 1.62 bits per heavy atom. The first-order chi connectivity index (χ1) is 6.02. The minimum atomic E-state index is -1.01. The molecule has 1 heterocycles. The molecule has 3 atom stereocenters. The zero-order valence-corrected chi connectivity index (χ0v) is 7.81. The van der Waals surface area contributed by atoms with E-state index < -0.39 is 18.1 Å². The van der Waals surface area contributed by atoms with E-state index in [0.717, 1.165) is 19.5 Å². The predicted molar refractivity (Wildman–Crippen MR) is 49.2 cm³/mol. The molecule has 0 aromatic heterocycles. The molecule has 1 fully saturated rings. The molecule has 0 bridgehead atoms. The van der Waals surface area contributed by atoms with E-state index in [4.69, 9.17) is 16.6 Å². The van der Waals surface area contributed by atoms with Gasteiger partial charge in [0.05, 0.1) is 0 Å². The van der Waals surface area contributed by atoms with E-state index in [1.165, 1.54) is 0 Å². The smallest absolute Gasteiger partial charge is 0.322 e. The fourth-order valence-corrected chi connectivity index (χ4v) is 1.74. The van der Waals surface area contributed by atoms with E-state index in [1.807, 2.05) is 7.05 Å². The van der Waals surface area contributed by atoms with Crippen molar-refractivity contribution in [3.8, 4) is 0 Å². The molecule has 1 aliphatic heterocycles. The van der Waals surface area contributed by atoms with E-state index in [2.05, 4.69) is 4.90 Å². The van der Waals surface area contributed by atoms with Crippen molar-refractivity contribution in [1.29, 1.82) is 0 Å². The van der Waals surface area contributed by atoms with Crippen LogP contribution in [0.1, 0.15) is 6.42 Å². The van der Waals surface area contributed by atoms with Gasteiger partial charge in [-0.1, -0.05) is 0 Å². The minimum Gasteiger partial charge on any atom is -0.480 e. The van der Waals surface area contributed by atoms with Crippen LogP contribution in [0.5, 0.6) is 0 Å². The SMILES string of the molecule is CN1CCC(C(N)C(N)C(=O)O)C1. The molecule has 1 rings (SSSR count). The number of carboxylic acids is 1. The summed E-state index contributed by atoms with van der Waals surface area (Å²) in [5.74, 6) is -0.793. The van der Waals surface area contributed by atoms with Crippen LogP contribution in [0.3, 0.4) is 0 Å². The Morgan fingerprint density at radius 3 is 2.62 bits per heavy atom. The van der Waals surface area contributed by atoms with Crippen molar-refractivity contribution >= 4 is 5.97 Å². The summed E-state index contributed by atoms with van der Waals surface area (Å²) in [5.41, 5.74) is 11.2. The molecule has 0 saturated carbocycles. The van der Waals surface area contributed by atoms with Gasteiger partial charge in [0.2, 0.25) is 0 Å². The highest BCUT2D eigenvalue weighted by Gasteiger charge is 2.32. The van der Waals surface area contributed by atoms with E-state index in [1.54, 1.807) is 0 Å². The standard InChI is InChI=1S/C8H17N3O2/c1-11-3-2-5(4-11)6(9)7(10)8(12)13/h5-7H,2-4,9-10H2,1H3,(H,12,13). The second-order valence-electron chi connectivity index (χ2n) is 3.75. The fourth-order valence-electron chi connectivity index (χ4n) is 1.74. The van der Waals surface area contributed by atoms with Gasteiger partial charge in [0.25, 0.3) is 0 Å². The Kier molecular flexibility index (Phi) is 3.24. The van der Waals surface area contributed by atoms with Crippen LogP contribution in [0.25, 0.3) is 0 Å².